The Hall–Kier alpha value is -2.29. The number of anilines is 1. The molecular weight excluding hydrogens is 392 g/mol. The second kappa shape index (κ2) is 7.75. The molecule has 0 spiro atoms. The van der Waals surface area contributed by atoms with Gasteiger partial charge < -0.3 is 14.4 Å². The Labute approximate surface area is 162 Å². The Bertz CT molecular complexity index is 947. The van der Waals surface area contributed by atoms with Gasteiger partial charge in [0.2, 0.25) is 15.9 Å². The van der Waals surface area contributed by atoms with Gasteiger partial charge in [0, 0.05) is 35.8 Å². The van der Waals surface area contributed by atoms with Crippen molar-refractivity contribution in [1.82, 2.24) is 4.72 Å². The van der Waals surface area contributed by atoms with E-state index in [9.17, 15) is 13.2 Å². The van der Waals surface area contributed by atoms with Crippen molar-refractivity contribution in [2.24, 2.45) is 0 Å². The molecule has 9 heteroatoms. The number of carbonyl (C=O) groups is 1. The van der Waals surface area contributed by atoms with Gasteiger partial charge in [-0.2, -0.15) is 0 Å². The van der Waals surface area contributed by atoms with Gasteiger partial charge in [-0.3, -0.25) is 4.79 Å². The Balaban J connectivity index is 1.81. The van der Waals surface area contributed by atoms with Crippen LogP contribution in [0.25, 0.3) is 0 Å². The van der Waals surface area contributed by atoms with Crippen LogP contribution in [0.2, 0.25) is 5.02 Å². The van der Waals surface area contributed by atoms with Crippen LogP contribution in [0.5, 0.6) is 11.5 Å². The molecule has 2 aromatic rings. The minimum Gasteiger partial charge on any atom is -0.497 e. The predicted molar refractivity (Wildman–Crippen MR) is 102 cm³/mol. The average molecular weight is 411 g/mol. The molecule has 0 saturated carbocycles. The fourth-order valence-corrected chi connectivity index (χ4v) is 4.47. The minimum atomic E-state index is -3.91. The van der Waals surface area contributed by atoms with Gasteiger partial charge in [0.25, 0.3) is 0 Å². The Morgan fingerprint density at radius 3 is 2.44 bits per heavy atom. The number of amides is 1. The molecule has 1 amide bonds. The van der Waals surface area contributed by atoms with Crippen LogP contribution in [-0.2, 0) is 14.8 Å². The van der Waals surface area contributed by atoms with E-state index in [1.165, 1.54) is 31.3 Å². The number of carbonyl (C=O) groups excluding carboxylic acids is 1. The highest BCUT2D eigenvalue weighted by molar-refractivity contribution is 7.89. The molecule has 7 nitrogen and oxygen atoms in total. The Morgan fingerprint density at radius 2 is 1.81 bits per heavy atom. The number of benzene rings is 2. The fraction of sp³-hybridized carbons (Fsp3) is 0.278. The lowest BCUT2D eigenvalue weighted by Crippen LogP contribution is -2.37. The van der Waals surface area contributed by atoms with Gasteiger partial charge in [-0.25, -0.2) is 13.1 Å². The third-order valence-electron chi connectivity index (χ3n) is 4.25. The number of ether oxygens (including phenoxy) is 2. The molecule has 27 heavy (non-hydrogen) atoms. The van der Waals surface area contributed by atoms with Crippen molar-refractivity contribution in [1.29, 1.82) is 0 Å². The SMILES string of the molecule is COc1ccc(OC)c(S(=O)(=O)N[C@@H]2CC(=O)N(c3ccc(Cl)cc3)C2)c1. The first-order chi connectivity index (χ1) is 12.8. The van der Waals surface area contributed by atoms with E-state index < -0.39 is 16.1 Å². The highest BCUT2D eigenvalue weighted by Crippen LogP contribution is 2.29. The average Bonchev–Trinajstić information content (AvgIpc) is 3.01. The third-order valence-corrected chi connectivity index (χ3v) is 6.04. The lowest BCUT2D eigenvalue weighted by molar-refractivity contribution is -0.117. The summed E-state index contributed by atoms with van der Waals surface area (Å²) in [6, 6.07) is 10.8. The van der Waals surface area contributed by atoms with Crippen molar-refractivity contribution in [2.75, 3.05) is 25.7 Å². The zero-order valence-corrected chi connectivity index (χ0v) is 16.4. The zero-order chi connectivity index (χ0) is 19.6. The van der Waals surface area contributed by atoms with Crippen molar-refractivity contribution in [3.8, 4) is 11.5 Å². The molecule has 1 N–H and O–H groups in total. The molecule has 0 unspecified atom stereocenters. The molecular formula is C18H19ClN2O5S. The maximum Gasteiger partial charge on any atom is 0.244 e. The van der Waals surface area contributed by atoms with E-state index >= 15 is 0 Å². The van der Waals surface area contributed by atoms with E-state index in [-0.39, 0.29) is 29.5 Å². The second-order valence-corrected chi connectivity index (χ2v) is 8.14. The van der Waals surface area contributed by atoms with E-state index in [0.29, 0.717) is 16.5 Å². The standard InChI is InChI=1S/C18H19ClN2O5S/c1-25-15-7-8-16(26-2)17(10-15)27(23,24)20-13-9-18(22)21(11-13)14-5-3-12(19)4-6-14/h3-8,10,13,20H,9,11H2,1-2H3/t13-/m1/s1. The summed E-state index contributed by atoms with van der Waals surface area (Å²) in [6.45, 7) is 0.228. The first kappa shape index (κ1) is 19.5. The largest absolute Gasteiger partial charge is 0.497 e. The monoisotopic (exact) mass is 410 g/mol. The van der Waals surface area contributed by atoms with Crippen molar-refractivity contribution in [3.63, 3.8) is 0 Å². The topological polar surface area (TPSA) is 84.9 Å². The molecule has 1 heterocycles. The van der Waals surface area contributed by atoms with Gasteiger partial charge in [0.1, 0.15) is 16.4 Å². The molecule has 0 bridgehead atoms. The number of methoxy groups -OCH3 is 2. The Morgan fingerprint density at radius 1 is 1.11 bits per heavy atom. The van der Waals surface area contributed by atoms with Crippen LogP contribution in [0.4, 0.5) is 5.69 Å². The Kier molecular flexibility index (Phi) is 5.59. The molecule has 1 fully saturated rings. The van der Waals surface area contributed by atoms with E-state index in [4.69, 9.17) is 21.1 Å². The molecule has 1 atom stereocenters. The maximum absolute atomic E-state index is 12.8. The first-order valence-electron chi connectivity index (χ1n) is 8.14. The molecule has 1 aliphatic heterocycles. The van der Waals surface area contributed by atoms with Gasteiger partial charge in [-0.05, 0) is 36.4 Å². The smallest absolute Gasteiger partial charge is 0.244 e. The third kappa shape index (κ3) is 4.18. The van der Waals surface area contributed by atoms with E-state index in [1.54, 1.807) is 30.3 Å². The second-order valence-electron chi connectivity index (χ2n) is 6.02. The fourth-order valence-electron chi connectivity index (χ4n) is 2.93. The number of sulfonamides is 1. The summed E-state index contributed by atoms with van der Waals surface area (Å²) in [4.78, 5) is 13.8. The maximum atomic E-state index is 12.8. The van der Waals surface area contributed by atoms with Crippen LogP contribution in [-0.4, -0.2) is 41.1 Å². The van der Waals surface area contributed by atoms with Crippen LogP contribution >= 0.6 is 11.6 Å². The zero-order valence-electron chi connectivity index (χ0n) is 14.8. The van der Waals surface area contributed by atoms with Gasteiger partial charge in [0.05, 0.1) is 14.2 Å². The molecule has 1 saturated heterocycles. The number of halogens is 1. The minimum absolute atomic E-state index is 0.0401. The quantitative estimate of drug-likeness (QED) is 0.790. The van der Waals surface area contributed by atoms with Gasteiger partial charge in [-0.15, -0.1) is 0 Å². The van der Waals surface area contributed by atoms with Crippen molar-refractivity contribution in [3.05, 3.63) is 47.5 Å². The van der Waals surface area contributed by atoms with E-state index in [2.05, 4.69) is 4.72 Å². The number of nitrogens with one attached hydrogen (secondary N) is 1. The molecule has 2 aromatic carbocycles. The van der Waals surface area contributed by atoms with E-state index in [0.717, 1.165) is 0 Å². The summed E-state index contributed by atoms with van der Waals surface area (Å²) in [5.41, 5.74) is 0.671. The first-order valence-corrected chi connectivity index (χ1v) is 10.0. The summed E-state index contributed by atoms with van der Waals surface area (Å²) in [6.07, 6.45) is 0.0636. The molecule has 144 valence electrons. The van der Waals surface area contributed by atoms with Crippen molar-refractivity contribution >= 4 is 33.2 Å². The summed E-state index contributed by atoms with van der Waals surface area (Å²) < 4.78 is 38.5. The van der Waals surface area contributed by atoms with Crippen LogP contribution in [0.15, 0.2) is 47.4 Å². The normalized spacial score (nSPS) is 17.2. The number of hydrogen-bond acceptors (Lipinski definition) is 5. The predicted octanol–water partition coefficient (Wildman–Crippen LogP) is 2.44. The number of rotatable bonds is 6. The number of hydrogen-bond donors (Lipinski definition) is 1. The molecule has 0 aliphatic carbocycles. The van der Waals surface area contributed by atoms with Crippen LogP contribution < -0.4 is 19.1 Å². The van der Waals surface area contributed by atoms with Crippen LogP contribution in [0.3, 0.4) is 0 Å². The lowest BCUT2D eigenvalue weighted by Gasteiger charge is -2.18. The van der Waals surface area contributed by atoms with Crippen LogP contribution in [0, 0.1) is 0 Å². The summed E-state index contributed by atoms with van der Waals surface area (Å²) in [5, 5.41) is 0.563. The van der Waals surface area contributed by atoms with Gasteiger partial charge in [-0.1, -0.05) is 11.6 Å². The van der Waals surface area contributed by atoms with Gasteiger partial charge >= 0.3 is 0 Å². The summed E-state index contributed by atoms with van der Waals surface area (Å²) >= 11 is 5.87. The van der Waals surface area contributed by atoms with E-state index in [1.807, 2.05) is 0 Å². The highest BCUT2D eigenvalue weighted by atomic mass is 35.5. The molecule has 1 aliphatic rings. The molecule has 0 aromatic heterocycles. The summed E-state index contributed by atoms with van der Waals surface area (Å²) in [7, 11) is -1.07. The summed E-state index contributed by atoms with van der Waals surface area (Å²) in [5.74, 6) is 0.422. The molecule has 0 radical (unpaired) electrons. The van der Waals surface area contributed by atoms with Gasteiger partial charge in [0.15, 0.2) is 0 Å². The van der Waals surface area contributed by atoms with Crippen molar-refractivity contribution in [2.45, 2.75) is 17.4 Å². The molecule has 3 rings (SSSR count). The van der Waals surface area contributed by atoms with Crippen molar-refractivity contribution < 1.29 is 22.7 Å². The number of nitrogens with zero attached hydrogens (tertiary/aromatic N) is 1. The van der Waals surface area contributed by atoms with Crippen LogP contribution in [0.1, 0.15) is 6.42 Å². The lowest BCUT2D eigenvalue weighted by atomic mass is 10.3. The highest BCUT2D eigenvalue weighted by Gasteiger charge is 2.34.